The van der Waals surface area contributed by atoms with E-state index in [1.54, 1.807) is 12.1 Å². The normalized spacial score (nSPS) is 16.6. The fourth-order valence-corrected chi connectivity index (χ4v) is 6.94. The summed E-state index contributed by atoms with van der Waals surface area (Å²) in [5.74, 6) is -0.833. The van der Waals surface area contributed by atoms with Crippen LogP contribution in [0.25, 0.3) is 11.1 Å². The molecule has 250 valence electrons. The molecule has 3 aromatic carbocycles. The fraction of sp³-hybridized carbons (Fsp3) is 0.343. The van der Waals surface area contributed by atoms with Crippen molar-refractivity contribution in [1.29, 1.82) is 0 Å². The van der Waals surface area contributed by atoms with Crippen LogP contribution >= 0.6 is 23.2 Å². The lowest BCUT2D eigenvalue weighted by atomic mass is 9.96. The van der Waals surface area contributed by atoms with Gasteiger partial charge in [-0.3, -0.25) is 9.59 Å². The number of ether oxygens (including phenoxy) is 2. The Hall–Kier alpha value is -4.16. The lowest BCUT2D eigenvalue weighted by Crippen LogP contribution is -2.24. The first kappa shape index (κ1) is 32.4. The van der Waals surface area contributed by atoms with Crippen molar-refractivity contribution in [2.75, 3.05) is 19.0 Å². The molecular weight excluding hydrogens is 660 g/mol. The van der Waals surface area contributed by atoms with Gasteiger partial charge in [0.2, 0.25) is 0 Å². The first-order chi connectivity index (χ1) is 23.2. The van der Waals surface area contributed by atoms with Gasteiger partial charge in [-0.25, -0.2) is 9.37 Å². The van der Waals surface area contributed by atoms with Gasteiger partial charge in [0.05, 0.1) is 36.0 Å². The van der Waals surface area contributed by atoms with E-state index < -0.39 is 11.9 Å². The number of nitrogens with zero attached hydrogens (tertiary/aromatic N) is 2. The first-order valence-corrected chi connectivity index (χ1v) is 16.6. The standard InChI is InChI=1S/C35H34Cl2FN5O5/c1-43-26-13-14-39-17-25(26)41-33(43)34(44)42-24-8-4-7-22(30(24)36)19-5-3-6-21-20(19)11-12-27(21)47-29-15-28(46-2)23(32(38)31(29)37)16-40-48-35(45)18-9-10-18/h3-8,15,18,27,39-40H,9-14,16-17H2,1-2H3,(H,42,44). The quantitative estimate of drug-likeness (QED) is 0.162. The van der Waals surface area contributed by atoms with Crippen molar-refractivity contribution in [2.45, 2.75) is 51.3 Å². The Morgan fingerprint density at radius 3 is 2.62 bits per heavy atom. The Bertz CT molecular complexity index is 1930. The first-order valence-electron chi connectivity index (χ1n) is 15.9. The highest BCUT2D eigenvalue weighted by molar-refractivity contribution is 6.36. The Morgan fingerprint density at radius 2 is 1.85 bits per heavy atom. The molecule has 3 aliphatic rings. The molecule has 1 unspecified atom stereocenters. The minimum atomic E-state index is -0.721. The maximum absolute atomic E-state index is 15.5. The second-order valence-electron chi connectivity index (χ2n) is 12.2. The fourth-order valence-electron chi connectivity index (χ4n) is 6.45. The molecule has 1 saturated carbocycles. The van der Waals surface area contributed by atoms with Gasteiger partial charge < -0.3 is 29.5 Å². The molecule has 2 aliphatic carbocycles. The molecule has 0 spiro atoms. The number of anilines is 1. The Kier molecular flexibility index (Phi) is 9.04. The number of imidazole rings is 1. The topological polar surface area (TPSA) is 116 Å². The highest BCUT2D eigenvalue weighted by atomic mass is 35.5. The lowest BCUT2D eigenvalue weighted by Gasteiger charge is -2.20. The van der Waals surface area contributed by atoms with Crippen molar-refractivity contribution in [1.82, 2.24) is 20.3 Å². The average Bonchev–Trinajstić information content (AvgIpc) is 3.79. The molecule has 7 rings (SSSR count). The third-order valence-corrected chi connectivity index (χ3v) is 9.90. The van der Waals surface area contributed by atoms with Gasteiger partial charge in [-0.1, -0.05) is 53.5 Å². The number of carbonyl (C=O) groups excluding carboxylic acids is 2. The molecule has 2 heterocycles. The number of fused-ring (bicyclic) bond motifs is 2. The molecule has 0 bridgehead atoms. The van der Waals surface area contributed by atoms with Crippen molar-refractivity contribution >= 4 is 40.8 Å². The van der Waals surface area contributed by atoms with Crippen molar-refractivity contribution < 1.29 is 28.3 Å². The van der Waals surface area contributed by atoms with Crippen LogP contribution in [0.5, 0.6) is 11.5 Å². The van der Waals surface area contributed by atoms with Crippen LogP contribution in [0.4, 0.5) is 10.1 Å². The number of halogens is 3. The molecule has 0 radical (unpaired) electrons. The van der Waals surface area contributed by atoms with E-state index in [2.05, 4.69) is 21.1 Å². The Labute approximate surface area is 286 Å². The van der Waals surface area contributed by atoms with Crippen LogP contribution in [0.1, 0.15) is 64.1 Å². The van der Waals surface area contributed by atoms with Gasteiger partial charge in [0, 0.05) is 49.4 Å². The van der Waals surface area contributed by atoms with Crippen LogP contribution in [0.3, 0.4) is 0 Å². The molecule has 10 nitrogen and oxygen atoms in total. The van der Waals surface area contributed by atoms with E-state index in [4.69, 9.17) is 37.5 Å². The lowest BCUT2D eigenvalue weighted by molar-refractivity contribution is -0.153. The summed E-state index contributed by atoms with van der Waals surface area (Å²) in [6.07, 6.45) is 3.30. The predicted octanol–water partition coefficient (Wildman–Crippen LogP) is 6.46. The third kappa shape index (κ3) is 6.11. The summed E-state index contributed by atoms with van der Waals surface area (Å²) in [5, 5.41) is 6.46. The molecule has 3 N–H and O–H groups in total. The third-order valence-electron chi connectivity index (χ3n) is 9.14. The summed E-state index contributed by atoms with van der Waals surface area (Å²) in [6, 6.07) is 13.0. The van der Waals surface area contributed by atoms with Crippen molar-refractivity contribution in [3.63, 3.8) is 0 Å². The molecule has 48 heavy (non-hydrogen) atoms. The van der Waals surface area contributed by atoms with E-state index in [1.165, 1.54) is 7.11 Å². The number of hydrogen-bond acceptors (Lipinski definition) is 8. The van der Waals surface area contributed by atoms with Gasteiger partial charge in [-0.2, -0.15) is 0 Å². The number of aromatic nitrogens is 2. The van der Waals surface area contributed by atoms with E-state index in [0.717, 1.165) is 59.4 Å². The largest absolute Gasteiger partial charge is 0.496 e. The van der Waals surface area contributed by atoms with Crippen molar-refractivity contribution in [2.24, 2.45) is 13.0 Å². The molecule has 1 aliphatic heterocycles. The summed E-state index contributed by atoms with van der Waals surface area (Å²) in [6.45, 7) is 1.36. The molecule has 0 saturated heterocycles. The number of hydroxylamine groups is 1. The van der Waals surface area contributed by atoms with E-state index in [1.807, 2.05) is 41.9 Å². The van der Waals surface area contributed by atoms with Crippen LogP contribution in [0.2, 0.25) is 10.0 Å². The second kappa shape index (κ2) is 13.4. The monoisotopic (exact) mass is 693 g/mol. The Morgan fingerprint density at radius 1 is 1.06 bits per heavy atom. The van der Waals surface area contributed by atoms with E-state index >= 15 is 4.39 Å². The summed E-state index contributed by atoms with van der Waals surface area (Å²) in [5.41, 5.74) is 8.70. The predicted molar refractivity (Wildman–Crippen MR) is 179 cm³/mol. The van der Waals surface area contributed by atoms with Gasteiger partial charge in [-0.05, 0) is 48.4 Å². The highest BCUT2D eigenvalue weighted by Gasteiger charge is 2.32. The molecule has 1 atom stereocenters. The zero-order valence-electron chi connectivity index (χ0n) is 26.4. The molecular formula is C35H34Cl2FN5O5. The number of nitrogens with one attached hydrogen (secondary N) is 3. The Balaban J connectivity index is 1.10. The van der Waals surface area contributed by atoms with Crippen LogP contribution in [-0.4, -0.2) is 35.1 Å². The van der Waals surface area contributed by atoms with E-state index in [-0.39, 0.29) is 46.4 Å². The minimum Gasteiger partial charge on any atom is -0.496 e. The minimum absolute atomic E-state index is 0.0976. The van der Waals surface area contributed by atoms with Crippen molar-refractivity contribution in [3.05, 3.63) is 92.2 Å². The maximum Gasteiger partial charge on any atom is 0.327 e. The summed E-state index contributed by atoms with van der Waals surface area (Å²) in [4.78, 5) is 34.8. The highest BCUT2D eigenvalue weighted by Crippen LogP contribution is 2.45. The van der Waals surface area contributed by atoms with Gasteiger partial charge >= 0.3 is 5.97 Å². The summed E-state index contributed by atoms with van der Waals surface area (Å²) in [7, 11) is 3.28. The van der Waals surface area contributed by atoms with Crippen LogP contribution in [0.15, 0.2) is 42.5 Å². The number of benzene rings is 3. The maximum atomic E-state index is 15.5. The van der Waals surface area contributed by atoms with Gasteiger partial charge in [0.25, 0.3) is 5.91 Å². The summed E-state index contributed by atoms with van der Waals surface area (Å²) < 4.78 is 29.1. The van der Waals surface area contributed by atoms with Gasteiger partial charge in [0.1, 0.15) is 22.6 Å². The molecule has 1 amide bonds. The zero-order chi connectivity index (χ0) is 33.5. The number of amides is 1. The van der Waals surface area contributed by atoms with Crippen LogP contribution < -0.4 is 25.6 Å². The SMILES string of the molecule is COc1cc(OC2CCc3c(-c4cccc(NC(=O)c5nc6c(n5C)CCNC6)c4Cl)cccc32)c(Cl)c(F)c1CNOC(=O)C1CC1. The zero-order valence-corrected chi connectivity index (χ0v) is 27.9. The summed E-state index contributed by atoms with van der Waals surface area (Å²) >= 11 is 13.4. The second-order valence-corrected chi connectivity index (χ2v) is 12.9. The number of rotatable bonds is 10. The van der Waals surface area contributed by atoms with E-state index in [9.17, 15) is 9.59 Å². The van der Waals surface area contributed by atoms with E-state index in [0.29, 0.717) is 35.9 Å². The number of methoxy groups -OCH3 is 1. The molecule has 4 aromatic rings. The van der Waals surface area contributed by atoms with Gasteiger partial charge in [-0.15, -0.1) is 5.48 Å². The van der Waals surface area contributed by atoms with Crippen molar-refractivity contribution in [3.8, 4) is 22.6 Å². The number of carbonyl (C=O) groups is 2. The molecule has 1 fully saturated rings. The number of hydrogen-bond donors (Lipinski definition) is 3. The average molecular weight is 695 g/mol. The smallest absolute Gasteiger partial charge is 0.327 e. The van der Waals surface area contributed by atoms with Crippen LogP contribution in [0, 0.1) is 11.7 Å². The van der Waals surface area contributed by atoms with Gasteiger partial charge in [0.15, 0.2) is 11.6 Å². The van der Waals surface area contributed by atoms with Crippen LogP contribution in [-0.2, 0) is 42.6 Å². The molecule has 13 heteroatoms. The molecule has 1 aromatic heterocycles.